The van der Waals surface area contributed by atoms with Crippen LogP contribution in [0.2, 0.25) is 0 Å². The monoisotopic (exact) mass is 309 g/mol. The molecule has 3 aromatic rings. The van der Waals surface area contributed by atoms with Crippen molar-refractivity contribution in [3.8, 4) is 11.5 Å². The number of aromatic amines is 1. The second-order valence-electron chi connectivity index (χ2n) is 5.49. The van der Waals surface area contributed by atoms with Crippen molar-refractivity contribution < 1.29 is 14.3 Å². The average Bonchev–Trinajstić information content (AvgIpc) is 3.18. The third kappa shape index (κ3) is 2.48. The normalized spacial score (nSPS) is 12.6. The number of carbonyl (C=O) groups is 1. The summed E-state index contributed by atoms with van der Waals surface area (Å²) in [6.07, 6.45) is 0. The van der Waals surface area contributed by atoms with Gasteiger partial charge in [-0.1, -0.05) is 17.7 Å². The summed E-state index contributed by atoms with van der Waals surface area (Å²) in [7, 11) is 0. The largest absolute Gasteiger partial charge is 0.454 e. The first-order valence-corrected chi connectivity index (χ1v) is 7.32. The average molecular weight is 309 g/mol. The molecule has 1 aliphatic rings. The summed E-state index contributed by atoms with van der Waals surface area (Å²) < 4.78 is 10.6. The molecule has 2 aromatic carbocycles. The molecule has 2 N–H and O–H groups in total. The highest BCUT2D eigenvalue weighted by molar-refractivity contribution is 6.04. The molecule has 4 rings (SSSR count). The highest BCUT2D eigenvalue weighted by Gasteiger charge is 2.16. The molecule has 0 unspecified atom stereocenters. The van der Waals surface area contributed by atoms with Crippen molar-refractivity contribution >= 4 is 16.8 Å². The SMILES string of the molecule is Cc1ccc2[nH]nc(C(=O)NCc3ccc4c(c3)OCO4)c2c1. The molecule has 1 amide bonds. The Labute approximate surface area is 132 Å². The summed E-state index contributed by atoms with van der Waals surface area (Å²) in [5.41, 5.74) is 3.29. The maximum absolute atomic E-state index is 12.4. The number of hydrogen-bond acceptors (Lipinski definition) is 4. The van der Waals surface area contributed by atoms with Gasteiger partial charge in [-0.25, -0.2) is 0 Å². The van der Waals surface area contributed by atoms with E-state index >= 15 is 0 Å². The molecular formula is C17H15N3O3. The number of carbonyl (C=O) groups excluding carboxylic acids is 1. The lowest BCUT2D eigenvalue weighted by molar-refractivity contribution is 0.0947. The zero-order valence-corrected chi connectivity index (χ0v) is 12.6. The van der Waals surface area contributed by atoms with Crippen molar-refractivity contribution in [3.63, 3.8) is 0 Å². The lowest BCUT2D eigenvalue weighted by atomic mass is 10.1. The zero-order valence-electron chi connectivity index (χ0n) is 12.6. The van der Waals surface area contributed by atoms with E-state index in [-0.39, 0.29) is 12.7 Å². The Morgan fingerprint density at radius 3 is 3.00 bits per heavy atom. The second-order valence-corrected chi connectivity index (χ2v) is 5.49. The van der Waals surface area contributed by atoms with E-state index in [1.807, 2.05) is 43.3 Å². The molecule has 0 bridgehead atoms. The molecule has 0 saturated heterocycles. The van der Waals surface area contributed by atoms with Crippen molar-refractivity contribution in [1.82, 2.24) is 15.5 Å². The van der Waals surface area contributed by atoms with Crippen molar-refractivity contribution in [3.05, 3.63) is 53.2 Å². The van der Waals surface area contributed by atoms with E-state index in [0.29, 0.717) is 18.0 Å². The summed E-state index contributed by atoms with van der Waals surface area (Å²) in [4.78, 5) is 12.4. The Kier molecular flexibility index (Phi) is 3.15. The smallest absolute Gasteiger partial charge is 0.272 e. The Bertz CT molecular complexity index is 901. The number of nitrogens with zero attached hydrogens (tertiary/aromatic N) is 1. The van der Waals surface area contributed by atoms with E-state index < -0.39 is 0 Å². The summed E-state index contributed by atoms with van der Waals surface area (Å²) in [6, 6.07) is 11.5. The van der Waals surface area contributed by atoms with Crippen LogP contribution in [0.4, 0.5) is 0 Å². The first-order valence-electron chi connectivity index (χ1n) is 7.32. The Morgan fingerprint density at radius 1 is 1.22 bits per heavy atom. The topological polar surface area (TPSA) is 76.2 Å². The summed E-state index contributed by atoms with van der Waals surface area (Å²) in [5, 5.41) is 10.7. The first kappa shape index (κ1) is 13.6. The van der Waals surface area contributed by atoms with Crippen molar-refractivity contribution in [2.24, 2.45) is 0 Å². The van der Waals surface area contributed by atoms with Crippen molar-refractivity contribution in [2.75, 3.05) is 6.79 Å². The number of aryl methyl sites for hydroxylation is 1. The number of benzene rings is 2. The van der Waals surface area contributed by atoms with E-state index in [1.54, 1.807) is 0 Å². The third-order valence-corrected chi connectivity index (χ3v) is 3.82. The minimum absolute atomic E-state index is 0.209. The van der Waals surface area contributed by atoms with Gasteiger partial charge in [-0.2, -0.15) is 5.10 Å². The van der Waals surface area contributed by atoms with Gasteiger partial charge in [0, 0.05) is 11.9 Å². The van der Waals surface area contributed by atoms with Gasteiger partial charge in [0.25, 0.3) is 5.91 Å². The Morgan fingerprint density at radius 2 is 2.09 bits per heavy atom. The van der Waals surface area contributed by atoms with E-state index in [4.69, 9.17) is 9.47 Å². The van der Waals surface area contributed by atoms with E-state index in [9.17, 15) is 4.79 Å². The fourth-order valence-electron chi connectivity index (χ4n) is 2.62. The van der Waals surface area contributed by atoms with Gasteiger partial charge in [-0.3, -0.25) is 9.89 Å². The Balaban J connectivity index is 1.52. The van der Waals surface area contributed by atoms with Crippen LogP contribution in [-0.2, 0) is 6.54 Å². The van der Waals surface area contributed by atoms with Crippen molar-refractivity contribution in [1.29, 1.82) is 0 Å². The van der Waals surface area contributed by atoms with Gasteiger partial charge in [-0.05, 0) is 36.8 Å². The molecule has 1 aromatic heterocycles. The molecular weight excluding hydrogens is 294 g/mol. The lowest BCUT2D eigenvalue weighted by Gasteiger charge is -2.05. The molecule has 2 heterocycles. The molecule has 0 radical (unpaired) electrons. The summed E-state index contributed by atoms with van der Waals surface area (Å²) >= 11 is 0. The standard InChI is InChI=1S/C17H15N3O3/c1-10-2-4-13-12(6-10)16(20-19-13)17(21)18-8-11-3-5-14-15(7-11)23-9-22-14/h2-7H,8-9H2,1H3,(H,18,21)(H,19,20). The van der Waals surface area contributed by atoms with Gasteiger partial charge in [-0.15, -0.1) is 0 Å². The van der Waals surface area contributed by atoms with Crippen LogP contribution in [0, 0.1) is 6.92 Å². The van der Waals surface area contributed by atoms with Crippen LogP contribution < -0.4 is 14.8 Å². The van der Waals surface area contributed by atoms with Gasteiger partial charge in [0.05, 0.1) is 5.52 Å². The fraction of sp³-hybridized carbons (Fsp3) is 0.176. The number of H-pyrrole nitrogens is 1. The van der Waals surface area contributed by atoms with Crippen LogP contribution in [0.1, 0.15) is 21.6 Å². The van der Waals surface area contributed by atoms with Gasteiger partial charge in [0.15, 0.2) is 17.2 Å². The van der Waals surface area contributed by atoms with Crippen LogP contribution in [0.15, 0.2) is 36.4 Å². The second kappa shape index (κ2) is 5.31. The number of nitrogens with one attached hydrogen (secondary N) is 2. The highest BCUT2D eigenvalue weighted by Crippen LogP contribution is 2.32. The number of aromatic nitrogens is 2. The van der Waals surface area contributed by atoms with Gasteiger partial charge < -0.3 is 14.8 Å². The predicted octanol–water partition coefficient (Wildman–Crippen LogP) is 2.53. The zero-order chi connectivity index (χ0) is 15.8. The van der Waals surface area contributed by atoms with Crippen LogP contribution >= 0.6 is 0 Å². The highest BCUT2D eigenvalue weighted by atomic mass is 16.7. The molecule has 0 fully saturated rings. The van der Waals surface area contributed by atoms with Crippen LogP contribution in [-0.4, -0.2) is 22.9 Å². The first-order chi connectivity index (χ1) is 11.2. The molecule has 0 saturated carbocycles. The van der Waals surface area contributed by atoms with Gasteiger partial charge >= 0.3 is 0 Å². The molecule has 116 valence electrons. The molecule has 23 heavy (non-hydrogen) atoms. The number of amides is 1. The third-order valence-electron chi connectivity index (χ3n) is 3.82. The fourth-order valence-corrected chi connectivity index (χ4v) is 2.62. The molecule has 0 aliphatic carbocycles. The minimum atomic E-state index is -0.209. The molecule has 0 atom stereocenters. The lowest BCUT2D eigenvalue weighted by Crippen LogP contribution is -2.23. The Hall–Kier alpha value is -3.02. The van der Waals surface area contributed by atoms with Gasteiger partial charge in [0.1, 0.15) is 0 Å². The van der Waals surface area contributed by atoms with Crippen molar-refractivity contribution in [2.45, 2.75) is 13.5 Å². The molecule has 1 aliphatic heterocycles. The van der Waals surface area contributed by atoms with Gasteiger partial charge in [0.2, 0.25) is 6.79 Å². The van der Waals surface area contributed by atoms with E-state index in [2.05, 4.69) is 15.5 Å². The molecule has 6 nitrogen and oxygen atoms in total. The number of ether oxygens (including phenoxy) is 2. The quantitative estimate of drug-likeness (QED) is 0.779. The van der Waals surface area contributed by atoms with Crippen LogP contribution in [0.3, 0.4) is 0 Å². The number of rotatable bonds is 3. The minimum Gasteiger partial charge on any atom is -0.454 e. The van der Waals surface area contributed by atoms with Crippen LogP contribution in [0.5, 0.6) is 11.5 Å². The maximum Gasteiger partial charge on any atom is 0.272 e. The summed E-state index contributed by atoms with van der Waals surface area (Å²) in [6.45, 7) is 2.63. The van der Waals surface area contributed by atoms with E-state index in [1.165, 1.54) is 0 Å². The van der Waals surface area contributed by atoms with Crippen LogP contribution in [0.25, 0.3) is 10.9 Å². The maximum atomic E-state index is 12.4. The molecule has 0 spiro atoms. The predicted molar refractivity (Wildman–Crippen MR) is 84.6 cm³/mol. The van der Waals surface area contributed by atoms with E-state index in [0.717, 1.165) is 27.8 Å². The number of fused-ring (bicyclic) bond motifs is 2. The number of hydrogen-bond donors (Lipinski definition) is 2. The molecule has 6 heteroatoms. The summed E-state index contributed by atoms with van der Waals surface area (Å²) in [5.74, 6) is 1.23.